The second-order valence-corrected chi connectivity index (χ2v) is 4.97. The fourth-order valence-electron chi connectivity index (χ4n) is 1.95. The molecule has 6 heteroatoms. The Morgan fingerprint density at radius 3 is 2.64 bits per heavy atom. The van der Waals surface area contributed by atoms with Crippen LogP contribution in [-0.4, -0.2) is 25.1 Å². The van der Waals surface area contributed by atoms with Gasteiger partial charge >= 0.3 is 0 Å². The zero-order valence-corrected chi connectivity index (χ0v) is 13.4. The van der Waals surface area contributed by atoms with Crippen LogP contribution in [0.15, 0.2) is 47.6 Å². The second kappa shape index (κ2) is 8.24. The van der Waals surface area contributed by atoms with E-state index in [1.165, 1.54) is 0 Å². The van der Waals surface area contributed by atoms with Crippen LogP contribution in [0.3, 0.4) is 0 Å². The van der Waals surface area contributed by atoms with E-state index in [1.807, 2.05) is 30.3 Å². The van der Waals surface area contributed by atoms with Crippen molar-refractivity contribution >= 4 is 17.6 Å². The lowest BCUT2D eigenvalue weighted by molar-refractivity contribution is 0.409. The third-order valence-electron chi connectivity index (χ3n) is 3.11. The summed E-state index contributed by atoms with van der Waals surface area (Å²) in [5.74, 6) is 1.56. The standard InChI is InChI=1S/C16H19ClN4O/c1-18-16(20-10-12-7-8-15(17)19-9-12)21-11-13-5-3-4-6-14(13)22-2/h3-9H,10-11H2,1-2H3,(H2,18,20,21). The van der Waals surface area contributed by atoms with Crippen LogP contribution in [0.5, 0.6) is 5.75 Å². The Morgan fingerprint density at radius 2 is 1.95 bits per heavy atom. The van der Waals surface area contributed by atoms with Gasteiger partial charge in [0, 0.05) is 31.9 Å². The average molecular weight is 319 g/mol. The molecule has 1 aromatic carbocycles. The first-order valence-electron chi connectivity index (χ1n) is 6.89. The number of guanidine groups is 1. The molecule has 0 spiro atoms. The molecular weight excluding hydrogens is 300 g/mol. The van der Waals surface area contributed by atoms with Crippen LogP contribution in [0.2, 0.25) is 5.15 Å². The minimum atomic E-state index is 0.488. The van der Waals surface area contributed by atoms with Gasteiger partial charge in [-0.25, -0.2) is 4.98 Å². The van der Waals surface area contributed by atoms with Gasteiger partial charge in [-0.3, -0.25) is 4.99 Å². The van der Waals surface area contributed by atoms with Crippen molar-refractivity contribution in [3.05, 3.63) is 58.9 Å². The minimum Gasteiger partial charge on any atom is -0.496 e. The number of ether oxygens (including phenoxy) is 1. The van der Waals surface area contributed by atoms with Gasteiger partial charge in [-0.15, -0.1) is 0 Å². The molecule has 1 heterocycles. The summed E-state index contributed by atoms with van der Waals surface area (Å²) < 4.78 is 5.33. The topological polar surface area (TPSA) is 58.5 Å². The van der Waals surface area contributed by atoms with E-state index in [2.05, 4.69) is 20.6 Å². The molecule has 0 unspecified atom stereocenters. The van der Waals surface area contributed by atoms with Crippen LogP contribution in [0, 0.1) is 0 Å². The van der Waals surface area contributed by atoms with Gasteiger partial charge in [0.2, 0.25) is 0 Å². The van der Waals surface area contributed by atoms with E-state index in [1.54, 1.807) is 26.4 Å². The molecule has 0 fully saturated rings. The molecule has 0 bridgehead atoms. The van der Waals surface area contributed by atoms with E-state index in [0.717, 1.165) is 16.9 Å². The van der Waals surface area contributed by atoms with Crippen LogP contribution in [0.4, 0.5) is 0 Å². The van der Waals surface area contributed by atoms with Crippen molar-refractivity contribution in [1.29, 1.82) is 0 Å². The van der Waals surface area contributed by atoms with Crippen molar-refractivity contribution in [2.75, 3.05) is 14.2 Å². The van der Waals surface area contributed by atoms with Gasteiger partial charge < -0.3 is 15.4 Å². The number of benzene rings is 1. The van der Waals surface area contributed by atoms with E-state index in [9.17, 15) is 0 Å². The minimum absolute atomic E-state index is 0.488. The molecule has 0 saturated heterocycles. The Morgan fingerprint density at radius 1 is 1.18 bits per heavy atom. The summed E-state index contributed by atoms with van der Waals surface area (Å²) in [7, 11) is 3.40. The van der Waals surface area contributed by atoms with Crippen molar-refractivity contribution < 1.29 is 4.74 Å². The number of nitrogens with one attached hydrogen (secondary N) is 2. The number of aliphatic imine (C=N–C) groups is 1. The highest BCUT2D eigenvalue weighted by Gasteiger charge is 2.03. The smallest absolute Gasteiger partial charge is 0.191 e. The number of hydrogen-bond acceptors (Lipinski definition) is 3. The predicted octanol–water partition coefficient (Wildman–Crippen LogP) is 2.61. The average Bonchev–Trinajstić information content (AvgIpc) is 2.57. The third kappa shape index (κ3) is 4.63. The molecule has 1 aromatic heterocycles. The first-order chi connectivity index (χ1) is 10.7. The van der Waals surface area contributed by atoms with Gasteiger partial charge in [0.25, 0.3) is 0 Å². The van der Waals surface area contributed by atoms with Crippen molar-refractivity contribution in [3.63, 3.8) is 0 Å². The molecule has 0 aliphatic carbocycles. The van der Waals surface area contributed by atoms with Gasteiger partial charge in [-0.05, 0) is 17.7 Å². The summed E-state index contributed by atoms with van der Waals surface area (Å²) in [6.45, 7) is 1.25. The lowest BCUT2D eigenvalue weighted by atomic mass is 10.2. The van der Waals surface area contributed by atoms with Crippen molar-refractivity contribution in [1.82, 2.24) is 15.6 Å². The molecule has 2 rings (SSSR count). The monoisotopic (exact) mass is 318 g/mol. The van der Waals surface area contributed by atoms with Crippen molar-refractivity contribution in [3.8, 4) is 5.75 Å². The summed E-state index contributed by atoms with van der Waals surface area (Å²) in [6, 6.07) is 11.6. The number of hydrogen-bond donors (Lipinski definition) is 2. The molecule has 2 N–H and O–H groups in total. The largest absolute Gasteiger partial charge is 0.496 e. The zero-order valence-electron chi connectivity index (χ0n) is 12.6. The summed E-state index contributed by atoms with van der Waals surface area (Å²) in [5, 5.41) is 6.97. The maximum absolute atomic E-state index is 5.77. The predicted molar refractivity (Wildman–Crippen MR) is 89.3 cm³/mol. The highest BCUT2D eigenvalue weighted by atomic mass is 35.5. The molecular formula is C16H19ClN4O. The summed E-state index contributed by atoms with van der Waals surface area (Å²) in [4.78, 5) is 8.25. The fraction of sp³-hybridized carbons (Fsp3) is 0.250. The molecule has 0 atom stereocenters. The molecule has 0 amide bonds. The normalized spacial score (nSPS) is 11.1. The van der Waals surface area contributed by atoms with Gasteiger partial charge in [0.1, 0.15) is 10.9 Å². The van der Waals surface area contributed by atoms with E-state index in [4.69, 9.17) is 16.3 Å². The van der Waals surface area contributed by atoms with Crippen LogP contribution in [0.25, 0.3) is 0 Å². The molecule has 0 aliphatic rings. The number of pyridine rings is 1. The van der Waals surface area contributed by atoms with Crippen LogP contribution >= 0.6 is 11.6 Å². The molecule has 0 aliphatic heterocycles. The molecule has 22 heavy (non-hydrogen) atoms. The van der Waals surface area contributed by atoms with Gasteiger partial charge in [-0.1, -0.05) is 35.9 Å². The number of nitrogens with zero attached hydrogens (tertiary/aromatic N) is 2. The molecule has 5 nitrogen and oxygen atoms in total. The Bertz CT molecular complexity index is 628. The zero-order chi connectivity index (χ0) is 15.8. The fourth-order valence-corrected chi connectivity index (χ4v) is 2.06. The molecule has 0 saturated carbocycles. The number of rotatable bonds is 5. The first-order valence-corrected chi connectivity index (χ1v) is 7.27. The van der Waals surface area contributed by atoms with E-state index < -0.39 is 0 Å². The molecule has 0 radical (unpaired) electrons. The first kappa shape index (κ1) is 16.1. The Kier molecular flexibility index (Phi) is 6.03. The Balaban J connectivity index is 1.88. The van der Waals surface area contributed by atoms with Gasteiger partial charge in [0.15, 0.2) is 5.96 Å². The molecule has 2 aromatic rings. The van der Waals surface area contributed by atoms with Crippen molar-refractivity contribution in [2.24, 2.45) is 4.99 Å². The van der Waals surface area contributed by atoms with Crippen LogP contribution < -0.4 is 15.4 Å². The summed E-state index contributed by atoms with van der Waals surface area (Å²) >= 11 is 5.77. The number of para-hydroxylation sites is 1. The lowest BCUT2D eigenvalue weighted by Gasteiger charge is -2.13. The molecule has 116 valence electrons. The lowest BCUT2D eigenvalue weighted by Crippen LogP contribution is -2.36. The van der Waals surface area contributed by atoms with E-state index >= 15 is 0 Å². The third-order valence-corrected chi connectivity index (χ3v) is 3.33. The van der Waals surface area contributed by atoms with Crippen LogP contribution in [0.1, 0.15) is 11.1 Å². The summed E-state index contributed by atoms with van der Waals surface area (Å²) in [6.07, 6.45) is 1.74. The summed E-state index contributed by atoms with van der Waals surface area (Å²) in [5.41, 5.74) is 2.10. The highest BCUT2D eigenvalue weighted by Crippen LogP contribution is 2.16. The van der Waals surface area contributed by atoms with E-state index in [-0.39, 0.29) is 0 Å². The SMILES string of the molecule is CN=C(NCc1ccc(Cl)nc1)NCc1ccccc1OC. The number of halogens is 1. The maximum atomic E-state index is 5.77. The van der Waals surface area contributed by atoms with Crippen molar-refractivity contribution in [2.45, 2.75) is 13.1 Å². The Labute approximate surface area is 135 Å². The van der Waals surface area contributed by atoms with Gasteiger partial charge in [0.05, 0.1) is 7.11 Å². The van der Waals surface area contributed by atoms with E-state index in [0.29, 0.717) is 24.2 Å². The number of aromatic nitrogens is 1. The van der Waals surface area contributed by atoms with Crippen LogP contribution in [-0.2, 0) is 13.1 Å². The quantitative estimate of drug-likeness (QED) is 0.505. The Hall–Kier alpha value is -2.27. The number of methoxy groups -OCH3 is 1. The van der Waals surface area contributed by atoms with Gasteiger partial charge in [-0.2, -0.15) is 0 Å². The highest BCUT2D eigenvalue weighted by molar-refractivity contribution is 6.29. The maximum Gasteiger partial charge on any atom is 0.191 e. The second-order valence-electron chi connectivity index (χ2n) is 4.58.